The number of nitrogens with one attached hydrogen (secondary N) is 1. The Hall–Kier alpha value is -4.83. The van der Waals surface area contributed by atoms with Crippen LogP contribution in [-0.4, -0.2) is 15.1 Å². The third-order valence-electron chi connectivity index (χ3n) is 8.51. The third-order valence-corrected chi connectivity index (χ3v) is 8.51. The van der Waals surface area contributed by atoms with Gasteiger partial charge in [-0.25, -0.2) is 0 Å². The average molecular weight is 491 g/mol. The van der Waals surface area contributed by atoms with E-state index in [4.69, 9.17) is 11.1 Å². The molecule has 0 fully saturated rings. The summed E-state index contributed by atoms with van der Waals surface area (Å²) in [6.07, 6.45) is 0. The minimum absolute atomic E-state index is 0.0320. The molecular formula is C34H26N4. The van der Waals surface area contributed by atoms with Gasteiger partial charge in [0.2, 0.25) is 0 Å². The number of fused-ring (bicyclic) bond motifs is 10. The van der Waals surface area contributed by atoms with Crippen molar-refractivity contribution < 1.29 is 0 Å². The van der Waals surface area contributed by atoms with Crippen LogP contribution in [0.25, 0.3) is 60.4 Å². The van der Waals surface area contributed by atoms with Crippen LogP contribution in [-0.2, 0) is 5.41 Å². The maximum Gasteiger partial charge on any atom is 0.197 e. The van der Waals surface area contributed by atoms with E-state index in [-0.39, 0.29) is 11.4 Å². The Morgan fingerprint density at radius 3 is 1.97 bits per heavy atom. The molecule has 0 bridgehead atoms. The number of aromatic nitrogens is 2. The first-order chi connectivity index (χ1) is 18.5. The zero-order valence-corrected chi connectivity index (χ0v) is 21.3. The van der Waals surface area contributed by atoms with Crippen LogP contribution in [0.3, 0.4) is 0 Å². The standard InChI is InChI=1S/C34H26N4/c1-34(2)27-12-6-3-9-21(27)25-17-18-26-24-16-15-20(19-30(24)38(33(35)36)32(26)31(25)34)37-28-13-7-4-10-22(28)23-11-5-8-14-29(23)37/h3-19H,1-2H3,(H3,35,36). The van der Waals surface area contributed by atoms with Crippen molar-refractivity contribution in [1.29, 1.82) is 5.41 Å². The van der Waals surface area contributed by atoms with Crippen LogP contribution >= 0.6 is 0 Å². The first-order valence-electron chi connectivity index (χ1n) is 13.0. The Balaban J connectivity index is 1.50. The summed E-state index contributed by atoms with van der Waals surface area (Å²) >= 11 is 0. The van der Waals surface area contributed by atoms with E-state index in [1.54, 1.807) is 0 Å². The molecule has 5 aromatic carbocycles. The quantitative estimate of drug-likeness (QED) is 0.178. The molecule has 0 atom stereocenters. The minimum atomic E-state index is -0.206. The van der Waals surface area contributed by atoms with Gasteiger partial charge in [0.15, 0.2) is 5.96 Å². The molecule has 0 amide bonds. The van der Waals surface area contributed by atoms with Crippen LogP contribution in [0.5, 0.6) is 0 Å². The van der Waals surface area contributed by atoms with Crippen LogP contribution in [0.15, 0.2) is 103 Å². The molecule has 4 nitrogen and oxygen atoms in total. The second-order valence-electron chi connectivity index (χ2n) is 10.8. The van der Waals surface area contributed by atoms with Crippen molar-refractivity contribution in [2.24, 2.45) is 5.73 Å². The Labute approximate surface area is 220 Å². The van der Waals surface area contributed by atoms with Gasteiger partial charge in [0, 0.05) is 32.6 Å². The normalized spacial score (nSPS) is 13.9. The number of hydrogen-bond acceptors (Lipinski definition) is 1. The van der Waals surface area contributed by atoms with Crippen molar-refractivity contribution in [3.05, 3.63) is 114 Å². The molecule has 1 aliphatic rings. The smallest absolute Gasteiger partial charge is 0.197 e. The molecular weight excluding hydrogens is 464 g/mol. The van der Waals surface area contributed by atoms with E-state index in [9.17, 15) is 0 Å². The van der Waals surface area contributed by atoms with Gasteiger partial charge in [-0.15, -0.1) is 0 Å². The summed E-state index contributed by atoms with van der Waals surface area (Å²) in [5.74, 6) is 0.0320. The molecule has 2 aromatic heterocycles. The summed E-state index contributed by atoms with van der Waals surface area (Å²) in [5.41, 5.74) is 16.6. The third kappa shape index (κ3) is 2.52. The van der Waals surface area contributed by atoms with Crippen molar-refractivity contribution >= 4 is 49.6 Å². The van der Waals surface area contributed by atoms with E-state index in [1.807, 2.05) is 4.57 Å². The molecule has 182 valence electrons. The fourth-order valence-electron chi connectivity index (χ4n) is 6.94. The topological polar surface area (TPSA) is 59.7 Å². The Morgan fingerprint density at radius 2 is 1.26 bits per heavy atom. The monoisotopic (exact) mass is 490 g/mol. The molecule has 7 aromatic rings. The fourth-order valence-corrected chi connectivity index (χ4v) is 6.94. The van der Waals surface area contributed by atoms with Crippen molar-refractivity contribution in [3.8, 4) is 16.8 Å². The lowest BCUT2D eigenvalue weighted by atomic mass is 9.81. The lowest BCUT2D eigenvalue weighted by Crippen LogP contribution is -2.23. The lowest BCUT2D eigenvalue weighted by Gasteiger charge is -2.23. The Kier molecular flexibility index (Phi) is 4.00. The van der Waals surface area contributed by atoms with Crippen LogP contribution in [0.2, 0.25) is 0 Å². The van der Waals surface area contributed by atoms with Gasteiger partial charge in [-0.05, 0) is 46.5 Å². The van der Waals surface area contributed by atoms with Gasteiger partial charge in [0.1, 0.15) is 0 Å². The van der Waals surface area contributed by atoms with Gasteiger partial charge >= 0.3 is 0 Å². The highest BCUT2D eigenvalue weighted by Crippen LogP contribution is 2.52. The van der Waals surface area contributed by atoms with Crippen molar-refractivity contribution in [3.63, 3.8) is 0 Å². The SMILES string of the molecule is CC1(C)c2ccccc2-c2ccc3c4ccc(-n5c6ccccc6c6ccccc65)cc4n(C(=N)N)c3c21. The van der Waals surface area contributed by atoms with Crippen LogP contribution in [0, 0.1) is 5.41 Å². The van der Waals surface area contributed by atoms with Crippen molar-refractivity contribution in [1.82, 2.24) is 9.13 Å². The lowest BCUT2D eigenvalue weighted by molar-refractivity contribution is 0.664. The predicted octanol–water partition coefficient (Wildman–Crippen LogP) is 7.94. The van der Waals surface area contributed by atoms with Crippen molar-refractivity contribution in [2.45, 2.75) is 19.3 Å². The number of nitrogens with two attached hydrogens (primary N) is 1. The number of hydrogen-bond donors (Lipinski definition) is 2. The molecule has 0 spiro atoms. The molecule has 0 saturated heterocycles. The minimum Gasteiger partial charge on any atom is -0.369 e. The van der Waals surface area contributed by atoms with E-state index in [2.05, 4.69) is 122 Å². The van der Waals surface area contributed by atoms with Gasteiger partial charge in [0.05, 0.1) is 22.1 Å². The molecule has 38 heavy (non-hydrogen) atoms. The highest BCUT2D eigenvalue weighted by Gasteiger charge is 2.38. The summed E-state index contributed by atoms with van der Waals surface area (Å²) in [7, 11) is 0. The average Bonchev–Trinajstić information content (AvgIpc) is 3.52. The summed E-state index contributed by atoms with van der Waals surface area (Å²) in [6.45, 7) is 4.56. The molecule has 2 heterocycles. The van der Waals surface area contributed by atoms with E-state index in [0.717, 1.165) is 38.5 Å². The zero-order chi connectivity index (χ0) is 25.8. The highest BCUT2D eigenvalue weighted by atomic mass is 15.1. The van der Waals surface area contributed by atoms with Crippen molar-refractivity contribution in [2.75, 3.05) is 0 Å². The Bertz CT molecular complexity index is 2080. The summed E-state index contributed by atoms with van der Waals surface area (Å²) in [6, 6.07) is 36.7. The molecule has 3 N–H and O–H groups in total. The van der Waals surface area contributed by atoms with Gasteiger partial charge < -0.3 is 10.3 Å². The van der Waals surface area contributed by atoms with Gasteiger partial charge in [-0.1, -0.05) is 92.7 Å². The van der Waals surface area contributed by atoms with E-state index in [0.29, 0.717) is 0 Å². The number of para-hydroxylation sites is 2. The number of nitrogens with zero attached hydrogens (tertiary/aromatic N) is 2. The first kappa shape index (κ1) is 21.3. The highest BCUT2D eigenvalue weighted by molar-refractivity contribution is 6.17. The number of nitrogen functional groups attached to an aromatic ring is 1. The molecule has 8 rings (SSSR count). The maximum atomic E-state index is 8.71. The number of rotatable bonds is 1. The summed E-state index contributed by atoms with van der Waals surface area (Å²) in [5, 5.41) is 13.4. The van der Waals surface area contributed by atoms with Gasteiger partial charge in [-0.2, -0.15) is 0 Å². The molecule has 1 aliphatic carbocycles. The summed E-state index contributed by atoms with van der Waals surface area (Å²) in [4.78, 5) is 0. The predicted molar refractivity (Wildman–Crippen MR) is 159 cm³/mol. The van der Waals surface area contributed by atoms with E-state index in [1.165, 1.54) is 33.0 Å². The largest absolute Gasteiger partial charge is 0.369 e. The molecule has 0 radical (unpaired) electrons. The molecule has 0 unspecified atom stereocenters. The first-order valence-corrected chi connectivity index (χ1v) is 13.0. The van der Waals surface area contributed by atoms with Crippen LogP contribution in [0.4, 0.5) is 0 Å². The van der Waals surface area contributed by atoms with Gasteiger partial charge in [-0.3, -0.25) is 9.98 Å². The molecule has 0 aliphatic heterocycles. The Morgan fingerprint density at radius 1 is 0.658 bits per heavy atom. The van der Waals surface area contributed by atoms with E-state index >= 15 is 0 Å². The molecule has 0 saturated carbocycles. The number of benzene rings is 5. The second kappa shape index (κ2) is 7.14. The van der Waals surface area contributed by atoms with Gasteiger partial charge in [0.25, 0.3) is 0 Å². The van der Waals surface area contributed by atoms with Crippen LogP contribution in [0.1, 0.15) is 25.0 Å². The second-order valence-corrected chi connectivity index (χ2v) is 10.8. The zero-order valence-electron chi connectivity index (χ0n) is 21.3. The van der Waals surface area contributed by atoms with Crippen LogP contribution < -0.4 is 5.73 Å². The summed E-state index contributed by atoms with van der Waals surface area (Å²) < 4.78 is 4.27. The fraction of sp³-hybridized carbons (Fsp3) is 0.0882. The van der Waals surface area contributed by atoms with E-state index < -0.39 is 0 Å². The molecule has 4 heteroatoms. The maximum absolute atomic E-state index is 8.71.